The maximum atomic E-state index is 13.7. The molecule has 1 aromatic heterocycles. The van der Waals surface area contributed by atoms with Crippen LogP contribution in [0.1, 0.15) is 58.1 Å². The van der Waals surface area contributed by atoms with E-state index >= 15 is 0 Å². The molecule has 0 saturated carbocycles. The van der Waals surface area contributed by atoms with Gasteiger partial charge in [0.05, 0.1) is 24.7 Å². The number of nitrogens with zero attached hydrogens (tertiary/aromatic N) is 6. The Morgan fingerprint density at radius 2 is 1.56 bits per heavy atom. The van der Waals surface area contributed by atoms with Crippen molar-refractivity contribution in [3.8, 4) is 5.75 Å². The fourth-order valence-electron chi connectivity index (χ4n) is 7.17. The van der Waals surface area contributed by atoms with E-state index in [1.807, 2.05) is 56.0 Å². The van der Waals surface area contributed by atoms with Crippen LogP contribution in [0.25, 0.3) is 11.0 Å². The Labute approximate surface area is 281 Å². The van der Waals surface area contributed by atoms with E-state index in [2.05, 4.69) is 9.80 Å². The normalized spacial score (nSPS) is 20.1. The van der Waals surface area contributed by atoms with Crippen LogP contribution in [0.2, 0.25) is 0 Å². The summed E-state index contributed by atoms with van der Waals surface area (Å²) in [6.07, 6.45) is 2.24. The Hall–Kier alpha value is -4.32. The SMILES string of the molecule is COc1ccc(CN2C(=O)CCC(n3c(=O)n(C)c4cc(N5CCN(CC6CCN(C(=O)OC(C)(C)C)CC6)CC5)ccc43)C2=O)cc1. The number of carbonyl (C=O) groups is 3. The Balaban J connectivity index is 1.08. The molecule has 4 heterocycles. The summed E-state index contributed by atoms with van der Waals surface area (Å²) in [6.45, 7) is 12.0. The third kappa shape index (κ3) is 7.08. The highest BCUT2D eigenvalue weighted by Crippen LogP contribution is 2.30. The second-order valence-corrected chi connectivity index (χ2v) is 14.3. The molecule has 258 valence electrons. The molecule has 3 fully saturated rings. The first-order valence-electron chi connectivity index (χ1n) is 17.0. The number of piperazine rings is 1. The highest BCUT2D eigenvalue weighted by Gasteiger charge is 2.37. The van der Waals surface area contributed by atoms with Crippen molar-refractivity contribution in [2.45, 2.75) is 64.6 Å². The number of fused-ring (bicyclic) bond motifs is 1. The lowest BCUT2D eigenvalue weighted by atomic mass is 9.96. The van der Waals surface area contributed by atoms with Gasteiger partial charge in [-0.2, -0.15) is 0 Å². The number of ether oxygens (including phenoxy) is 2. The monoisotopic (exact) mass is 660 g/mol. The second-order valence-electron chi connectivity index (χ2n) is 14.3. The molecule has 1 unspecified atom stereocenters. The molecule has 3 aliphatic heterocycles. The zero-order valence-corrected chi connectivity index (χ0v) is 28.8. The van der Waals surface area contributed by atoms with Crippen LogP contribution in [0.15, 0.2) is 47.3 Å². The van der Waals surface area contributed by atoms with Crippen molar-refractivity contribution < 1.29 is 23.9 Å². The van der Waals surface area contributed by atoms with E-state index in [4.69, 9.17) is 9.47 Å². The minimum atomic E-state index is -0.748. The molecule has 0 N–H and O–H groups in total. The Bertz CT molecular complexity index is 1710. The summed E-state index contributed by atoms with van der Waals surface area (Å²) in [5, 5.41) is 0. The summed E-state index contributed by atoms with van der Waals surface area (Å²) >= 11 is 0. The number of imide groups is 1. The summed E-state index contributed by atoms with van der Waals surface area (Å²) in [7, 11) is 3.33. The quantitative estimate of drug-likeness (QED) is 0.350. The number of rotatable bonds is 7. The zero-order valence-electron chi connectivity index (χ0n) is 28.8. The van der Waals surface area contributed by atoms with E-state index in [9.17, 15) is 19.2 Å². The number of aryl methyl sites for hydroxylation is 1. The molecule has 3 aliphatic rings. The van der Waals surface area contributed by atoms with Crippen molar-refractivity contribution in [2.24, 2.45) is 13.0 Å². The van der Waals surface area contributed by atoms with Crippen molar-refractivity contribution in [3.05, 3.63) is 58.5 Å². The summed E-state index contributed by atoms with van der Waals surface area (Å²) in [6, 6.07) is 12.6. The van der Waals surface area contributed by atoms with Gasteiger partial charge in [-0.3, -0.25) is 28.5 Å². The van der Waals surface area contributed by atoms with E-state index in [0.29, 0.717) is 23.6 Å². The van der Waals surface area contributed by atoms with Crippen LogP contribution < -0.4 is 15.3 Å². The molecule has 0 bridgehead atoms. The minimum absolute atomic E-state index is 0.152. The molecule has 3 aromatic rings. The first kappa shape index (κ1) is 33.6. The summed E-state index contributed by atoms with van der Waals surface area (Å²) in [5.41, 5.74) is 2.58. The van der Waals surface area contributed by atoms with E-state index in [1.165, 1.54) is 4.90 Å². The molecule has 48 heavy (non-hydrogen) atoms. The molecular weight excluding hydrogens is 612 g/mol. The lowest BCUT2D eigenvalue weighted by molar-refractivity contribution is -0.151. The van der Waals surface area contributed by atoms with Crippen molar-refractivity contribution >= 4 is 34.6 Å². The third-order valence-electron chi connectivity index (χ3n) is 9.89. The van der Waals surface area contributed by atoms with Gasteiger partial charge in [0.1, 0.15) is 17.4 Å². The number of methoxy groups -OCH3 is 1. The van der Waals surface area contributed by atoms with Gasteiger partial charge in [0, 0.05) is 65.0 Å². The number of aromatic nitrogens is 2. The van der Waals surface area contributed by atoms with Gasteiger partial charge in [0.25, 0.3) is 5.91 Å². The lowest BCUT2D eigenvalue weighted by Crippen LogP contribution is -2.49. The van der Waals surface area contributed by atoms with Crippen LogP contribution in [-0.4, -0.2) is 100 Å². The molecular formula is C36H48N6O6. The number of anilines is 1. The van der Waals surface area contributed by atoms with E-state index < -0.39 is 11.6 Å². The lowest BCUT2D eigenvalue weighted by Gasteiger charge is -2.39. The topological polar surface area (TPSA) is 110 Å². The maximum Gasteiger partial charge on any atom is 0.410 e. The molecule has 12 nitrogen and oxygen atoms in total. The number of benzene rings is 2. The van der Waals surface area contributed by atoms with E-state index in [1.54, 1.807) is 35.4 Å². The first-order valence-corrected chi connectivity index (χ1v) is 17.0. The van der Waals surface area contributed by atoms with Crippen LogP contribution in [0.3, 0.4) is 0 Å². The minimum Gasteiger partial charge on any atom is -0.497 e. The number of imidazole rings is 1. The highest BCUT2D eigenvalue weighted by atomic mass is 16.6. The van der Waals surface area contributed by atoms with Gasteiger partial charge in [0.2, 0.25) is 5.91 Å². The predicted octanol–water partition coefficient (Wildman–Crippen LogP) is 4.01. The molecule has 1 atom stereocenters. The van der Waals surface area contributed by atoms with Crippen LogP contribution in [0.4, 0.5) is 10.5 Å². The second kappa shape index (κ2) is 13.7. The van der Waals surface area contributed by atoms with E-state index in [0.717, 1.165) is 75.4 Å². The van der Waals surface area contributed by atoms with Crippen molar-refractivity contribution in [2.75, 3.05) is 57.8 Å². The van der Waals surface area contributed by atoms with Gasteiger partial charge in [-0.1, -0.05) is 12.1 Å². The number of hydrogen-bond donors (Lipinski definition) is 0. The van der Waals surface area contributed by atoms with Gasteiger partial charge in [0.15, 0.2) is 0 Å². The Kier molecular flexibility index (Phi) is 9.55. The Morgan fingerprint density at radius 1 is 0.875 bits per heavy atom. The van der Waals surface area contributed by atoms with Gasteiger partial charge in [-0.05, 0) is 81.8 Å². The predicted molar refractivity (Wildman–Crippen MR) is 183 cm³/mol. The van der Waals surface area contributed by atoms with Crippen LogP contribution >= 0.6 is 0 Å². The summed E-state index contributed by atoms with van der Waals surface area (Å²) < 4.78 is 13.9. The molecule has 6 rings (SSSR count). The Morgan fingerprint density at radius 3 is 2.21 bits per heavy atom. The largest absolute Gasteiger partial charge is 0.497 e. The van der Waals surface area contributed by atoms with Crippen molar-refractivity contribution in [1.82, 2.24) is 23.8 Å². The van der Waals surface area contributed by atoms with Crippen molar-refractivity contribution in [1.29, 1.82) is 0 Å². The molecule has 2 aromatic carbocycles. The fraction of sp³-hybridized carbons (Fsp3) is 0.556. The van der Waals surface area contributed by atoms with Gasteiger partial charge < -0.3 is 19.3 Å². The number of piperidine rings is 2. The highest BCUT2D eigenvalue weighted by molar-refractivity contribution is 6.00. The number of carbonyl (C=O) groups excluding carboxylic acids is 3. The number of hydrogen-bond acceptors (Lipinski definition) is 8. The van der Waals surface area contributed by atoms with Crippen LogP contribution in [-0.2, 0) is 27.9 Å². The van der Waals surface area contributed by atoms with Crippen LogP contribution in [0, 0.1) is 5.92 Å². The standard InChI is InChI=1S/C36H48N6O6/c1-36(2,3)48-35(46)40-16-14-26(15-17-40)23-38-18-20-39(21-19-38)27-8-11-29-31(22-27)37(4)34(45)42(29)30-12-13-32(43)41(33(30)44)24-25-6-9-28(47-5)10-7-25/h6-11,22,26,30H,12-21,23-24H2,1-5H3. The number of amides is 3. The number of likely N-dealkylation sites (tertiary alicyclic amines) is 2. The molecule has 0 radical (unpaired) electrons. The maximum absolute atomic E-state index is 13.7. The van der Waals surface area contributed by atoms with E-state index in [-0.39, 0.29) is 36.6 Å². The average molecular weight is 661 g/mol. The van der Waals surface area contributed by atoms with Crippen LogP contribution in [0.5, 0.6) is 5.75 Å². The molecule has 12 heteroatoms. The third-order valence-corrected chi connectivity index (χ3v) is 9.89. The molecule has 0 aliphatic carbocycles. The average Bonchev–Trinajstić information content (AvgIpc) is 3.31. The summed E-state index contributed by atoms with van der Waals surface area (Å²) in [5.74, 6) is 0.678. The zero-order chi connectivity index (χ0) is 34.2. The summed E-state index contributed by atoms with van der Waals surface area (Å²) in [4.78, 5) is 60.6. The van der Waals surface area contributed by atoms with Gasteiger partial charge in [-0.15, -0.1) is 0 Å². The fourth-order valence-corrected chi connectivity index (χ4v) is 7.17. The molecule has 3 amide bonds. The van der Waals surface area contributed by atoms with Crippen molar-refractivity contribution in [3.63, 3.8) is 0 Å². The van der Waals surface area contributed by atoms with Gasteiger partial charge >= 0.3 is 11.8 Å². The smallest absolute Gasteiger partial charge is 0.410 e. The van der Waals surface area contributed by atoms with Gasteiger partial charge in [-0.25, -0.2) is 9.59 Å². The molecule has 0 spiro atoms. The molecule has 3 saturated heterocycles. The first-order chi connectivity index (χ1) is 22.9.